The number of aryl methyl sites for hydroxylation is 1. The van der Waals surface area contributed by atoms with Crippen molar-refractivity contribution in [3.63, 3.8) is 0 Å². The smallest absolute Gasteiger partial charge is 0.271 e. The van der Waals surface area contributed by atoms with Crippen LogP contribution in [0.1, 0.15) is 24.5 Å². The Labute approximate surface area is 170 Å². The van der Waals surface area contributed by atoms with Crippen LogP contribution in [-0.4, -0.2) is 38.1 Å². The molecule has 156 valence electrons. The second kappa shape index (κ2) is 9.51. The maximum absolute atomic E-state index is 12.8. The fraction of sp³-hybridized carbons (Fsp3) is 0.350. The van der Waals surface area contributed by atoms with E-state index in [0.29, 0.717) is 18.5 Å². The number of nitrogens with one attached hydrogen (secondary N) is 1. The first-order valence-electron chi connectivity index (χ1n) is 9.21. The monoisotopic (exact) mass is 419 g/mol. The normalized spacial score (nSPS) is 12.2. The summed E-state index contributed by atoms with van der Waals surface area (Å²) in [5, 5.41) is 13.9. The molecule has 2 aromatic rings. The Bertz CT molecular complexity index is 977. The zero-order chi connectivity index (χ0) is 21.6. The molecule has 0 bridgehead atoms. The standard InChI is InChI=1S/C20H25N3O5S/c1-4-18(20(24)21-13-12-16-8-6-5-7-9-16)22(29(3,27)28)19-14-17(23(25)26)11-10-15(19)2/h5-11,14,18H,4,12-13H2,1-3H3,(H,21,24). The van der Waals surface area contributed by atoms with E-state index in [-0.39, 0.29) is 17.8 Å². The Hall–Kier alpha value is -2.94. The molecule has 2 aromatic carbocycles. The zero-order valence-electron chi connectivity index (χ0n) is 16.7. The van der Waals surface area contributed by atoms with Gasteiger partial charge < -0.3 is 5.32 Å². The SMILES string of the molecule is CCC(C(=O)NCCc1ccccc1)N(c1cc([N+](=O)[O-])ccc1C)S(C)(=O)=O. The van der Waals surface area contributed by atoms with Gasteiger partial charge in [0.05, 0.1) is 16.9 Å². The van der Waals surface area contributed by atoms with Crippen LogP contribution in [0.3, 0.4) is 0 Å². The van der Waals surface area contributed by atoms with Gasteiger partial charge in [0.25, 0.3) is 5.69 Å². The van der Waals surface area contributed by atoms with Crippen LogP contribution >= 0.6 is 0 Å². The zero-order valence-corrected chi connectivity index (χ0v) is 17.5. The Kier molecular flexibility index (Phi) is 7.33. The third kappa shape index (κ3) is 5.77. The van der Waals surface area contributed by atoms with Crippen LogP contribution in [-0.2, 0) is 21.2 Å². The lowest BCUT2D eigenvalue weighted by Crippen LogP contribution is -2.49. The molecule has 0 aliphatic rings. The highest BCUT2D eigenvalue weighted by Crippen LogP contribution is 2.30. The van der Waals surface area contributed by atoms with Gasteiger partial charge in [0, 0.05) is 18.7 Å². The van der Waals surface area contributed by atoms with Crippen molar-refractivity contribution in [3.05, 3.63) is 69.8 Å². The van der Waals surface area contributed by atoms with Gasteiger partial charge in [-0.25, -0.2) is 8.42 Å². The molecular weight excluding hydrogens is 394 g/mol. The van der Waals surface area contributed by atoms with Crippen molar-refractivity contribution in [2.45, 2.75) is 32.7 Å². The summed E-state index contributed by atoms with van der Waals surface area (Å²) in [6, 6.07) is 12.6. The first-order chi connectivity index (χ1) is 13.6. The van der Waals surface area contributed by atoms with Gasteiger partial charge in [-0.2, -0.15) is 0 Å². The summed E-state index contributed by atoms with van der Waals surface area (Å²) < 4.78 is 26.1. The predicted octanol–water partition coefficient (Wildman–Crippen LogP) is 2.81. The summed E-state index contributed by atoms with van der Waals surface area (Å²) in [6.45, 7) is 3.70. The van der Waals surface area contributed by atoms with Crippen LogP contribution in [0.2, 0.25) is 0 Å². The lowest BCUT2D eigenvalue weighted by Gasteiger charge is -2.31. The van der Waals surface area contributed by atoms with Crippen LogP contribution in [0.15, 0.2) is 48.5 Å². The second-order valence-electron chi connectivity index (χ2n) is 6.74. The van der Waals surface area contributed by atoms with Crippen molar-refractivity contribution in [2.24, 2.45) is 0 Å². The summed E-state index contributed by atoms with van der Waals surface area (Å²) in [7, 11) is -3.87. The van der Waals surface area contributed by atoms with E-state index in [2.05, 4.69) is 5.32 Å². The third-order valence-electron chi connectivity index (χ3n) is 4.53. The topological polar surface area (TPSA) is 110 Å². The lowest BCUT2D eigenvalue weighted by molar-refractivity contribution is -0.384. The molecule has 0 aliphatic carbocycles. The van der Waals surface area contributed by atoms with Gasteiger partial charge in [0.2, 0.25) is 15.9 Å². The van der Waals surface area contributed by atoms with Crippen LogP contribution in [0.5, 0.6) is 0 Å². The molecule has 1 N–H and O–H groups in total. The number of anilines is 1. The molecule has 1 amide bonds. The second-order valence-corrected chi connectivity index (χ2v) is 8.60. The third-order valence-corrected chi connectivity index (χ3v) is 5.69. The highest BCUT2D eigenvalue weighted by molar-refractivity contribution is 7.92. The van der Waals surface area contributed by atoms with Crippen molar-refractivity contribution < 1.29 is 18.1 Å². The minimum atomic E-state index is -3.87. The number of hydrogen-bond acceptors (Lipinski definition) is 5. The molecule has 0 heterocycles. The first kappa shape index (κ1) is 22.4. The number of rotatable bonds is 9. The molecular formula is C20H25N3O5S. The van der Waals surface area contributed by atoms with Gasteiger partial charge >= 0.3 is 0 Å². The number of benzene rings is 2. The predicted molar refractivity (Wildman–Crippen MR) is 112 cm³/mol. The van der Waals surface area contributed by atoms with Gasteiger partial charge in [-0.1, -0.05) is 43.3 Å². The highest BCUT2D eigenvalue weighted by Gasteiger charge is 2.33. The average Bonchev–Trinajstić information content (AvgIpc) is 2.66. The maximum atomic E-state index is 12.8. The first-order valence-corrected chi connectivity index (χ1v) is 11.1. The molecule has 0 aromatic heterocycles. The highest BCUT2D eigenvalue weighted by atomic mass is 32.2. The molecule has 0 aliphatic heterocycles. The number of carbonyl (C=O) groups is 1. The number of hydrogen-bond donors (Lipinski definition) is 1. The van der Waals surface area contributed by atoms with E-state index in [1.54, 1.807) is 13.8 Å². The number of sulfonamides is 1. The number of non-ortho nitro benzene ring substituents is 1. The van der Waals surface area contributed by atoms with E-state index in [1.165, 1.54) is 18.2 Å². The Morgan fingerprint density at radius 3 is 2.41 bits per heavy atom. The molecule has 0 saturated heterocycles. The molecule has 0 spiro atoms. The van der Waals surface area contributed by atoms with Crippen LogP contribution in [0.25, 0.3) is 0 Å². The van der Waals surface area contributed by atoms with Crippen LogP contribution in [0.4, 0.5) is 11.4 Å². The van der Waals surface area contributed by atoms with Crippen molar-refractivity contribution >= 4 is 27.3 Å². The van der Waals surface area contributed by atoms with Crippen LogP contribution < -0.4 is 9.62 Å². The molecule has 2 rings (SSSR count). The molecule has 0 saturated carbocycles. The van der Waals surface area contributed by atoms with Gasteiger partial charge in [-0.15, -0.1) is 0 Å². The van der Waals surface area contributed by atoms with E-state index < -0.39 is 26.9 Å². The van der Waals surface area contributed by atoms with Gasteiger partial charge in [0.1, 0.15) is 6.04 Å². The van der Waals surface area contributed by atoms with E-state index in [4.69, 9.17) is 0 Å². The number of nitrogens with zero attached hydrogens (tertiary/aromatic N) is 2. The van der Waals surface area contributed by atoms with E-state index in [9.17, 15) is 23.3 Å². The number of amides is 1. The van der Waals surface area contributed by atoms with Crippen LogP contribution in [0, 0.1) is 17.0 Å². The number of carbonyl (C=O) groups excluding carboxylic acids is 1. The molecule has 8 nitrogen and oxygen atoms in total. The minimum Gasteiger partial charge on any atom is -0.354 e. The molecule has 0 radical (unpaired) electrons. The van der Waals surface area contributed by atoms with E-state index >= 15 is 0 Å². The van der Waals surface area contributed by atoms with E-state index in [0.717, 1.165) is 16.1 Å². The lowest BCUT2D eigenvalue weighted by atomic mass is 10.1. The van der Waals surface area contributed by atoms with Crippen molar-refractivity contribution in [1.82, 2.24) is 5.32 Å². The Balaban J connectivity index is 2.29. The number of nitro benzene ring substituents is 1. The molecule has 0 fully saturated rings. The fourth-order valence-corrected chi connectivity index (χ4v) is 4.34. The van der Waals surface area contributed by atoms with E-state index in [1.807, 2.05) is 30.3 Å². The summed E-state index contributed by atoms with van der Waals surface area (Å²) in [5.41, 5.74) is 1.47. The van der Waals surface area contributed by atoms with Gasteiger partial charge in [-0.3, -0.25) is 19.2 Å². The quantitative estimate of drug-likeness (QED) is 0.496. The summed E-state index contributed by atoms with van der Waals surface area (Å²) in [6.07, 6.45) is 1.81. The van der Waals surface area contributed by atoms with Crippen molar-refractivity contribution in [1.29, 1.82) is 0 Å². The van der Waals surface area contributed by atoms with Gasteiger partial charge in [-0.05, 0) is 30.9 Å². The summed E-state index contributed by atoms with van der Waals surface area (Å²) in [4.78, 5) is 23.4. The number of nitro groups is 1. The fourth-order valence-electron chi connectivity index (χ4n) is 3.08. The Morgan fingerprint density at radius 1 is 1.21 bits per heavy atom. The summed E-state index contributed by atoms with van der Waals surface area (Å²) >= 11 is 0. The Morgan fingerprint density at radius 2 is 1.86 bits per heavy atom. The summed E-state index contributed by atoms with van der Waals surface area (Å²) in [5.74, 6) is -0.445. The minimum absolute atomic E-state index is 0.131. The molecule has 9 heteroatoms. The largest absolute Gasteiger partial charge is 0.354 e. The average molecular weight is 420 g/mol. The molecule has 29 heavy (non-hydrogen) atoms. The maximum Gasteiger partial charge on any atom is 0.271 e. The van der Waals surface area contributed by atoms with Crippen molar-refractivity contribution in [3.8, 4) is 0 Å². The molecule has 1 unspecified atom stereocenters. The van der Waals surface area contributed by atoms with Crippen molar-refractivity contribution in [2.75, 3.05) is 17.1 Å². The molecule has 1 atom stereocenters. The van der Waals surface area contributed by atoms with Gasteiger partial charge in [0.15, 0.2) is 0 Å².